The van der Waals surface area contributed by atoms with Crippen molar-refractivity contribution >= 4 is 35.2 Å². The first-order chi connectivity index (χ1) is 15.5. The Morgan fingerprint density at radius 1 is 1.16 bits per heavy atom. The lowest BCUT2D eigenvalue weighted by Crippen LogP contribution is -2.50. The minimum Gasteiger partial charge on any atom is -0.497 e. The zero-order valence-electron chi connectivity index (χ0n) is 18.7. The van der Waals surface area contributed by atoms with Crippen molar-refractivity contribution in [3.8, 4) is 5.75 Å². The topological polar surface area (TPSA) is 58.6 Å². The number of hydrogen-bond donors (Lipinski definition) is 1. The number of rotatable bonds is 10. The normalized spacial score (nSPS) is 14.7. The number of carbonyl (C=O) groups is 2. The highest BCUT2D eigenvalue weighted by atomic mass is 35.5. The van der Waals surface area contributed by atoms with Crippen molar-refractivity contribution in [2.45, 2.75) is 57.0 Å². The van der Waals surface area contributed by atoms with Gasteiger partial charge in [-0.05, 0) is 55.2 Å². The number of methoxy groups -OCH3 is 1. The molecule has 2 amide bonds. The van der Waals surface area contributed by atoms with E-state index in [2.05, 4.69) is 5.32 Å². The second-order valence-corrected chi connectivity index (χ2v) is 9.58. The maximum atomic E-state index is 13.2. The van der Waals surface area contributed by atoms with E-state index in [9.17, 15) is 9.59 Å². The predicted molar refractivity (Wildman–Crippen MR) is 131 cm³/mol. The second kappa shape index (κ2) is 12.2. The maximum Gasteiger partial charge on any atom is 0.242 e. The zero-order valence-corrected chi connectivity index (χ0v) is 20.3. The van der Waals surface area contributed by atoms with Crippen LogP contribution in [0.15, 0.2) is 48.5 Å². The molecule has 0 radical (unpaired) electrons. The molecule has 1 aliphatic rings. The van der Waals surface area contributed by atoms with Crippen LogP contribution in [0.5, 0.6) is 5.75 Å². The Labute approximate surface area is 199 Å². The van der Waals surface area contributed by atoms with Gasteiger partial charge in [-0.3, -0.25) is 9.59 Å². The molecule has 5 nitrogen and oxygen atoms in total. The van der Waals surface area contributed by atoms with Crippen molar-refractivity contribution in [2.24, 2.45) is 0 Å². The molecule has 1 atom stereocenters. The first-order valence-corrected chi connectivity index (χ1v) is 12.5. The van der Waals surface area contributed by atoms with E-state index < -0.39 is 6.04 Å². The summed E-state index contributed by atoms with van der Waals surface area (Å²) in [4.78, 5) is 27.8. The minimum absolute atomic E-state index is 0.0548. The number of amides is 2. The molecule has 1 fully saturated rings. The molecule has 1 aliphatic carbocycles. The van der Waals surface area contributed by atoms with Gasteiger partial charge in [-0.25, -0.2) is 0 Å². The third-order valence-electron chi connectivity index (χ3n) is 5.76. The second-order valence-electron chi connectivity index (χ2n) is 8.16. The summed E-state index contributed by atoms with van der Waals surface area (Å²) in [6, 6.07) is 14.9. The Balaban J connectivity index is 1.66. The number of halogens is 1. The Morgan fingerprint density at radius 2 is 1.88 bits per heavy atom. The molecule has 0 heterocycles. The van der Waals surface area contributed by atoms with Gasteiger partial charge in [0, 0.05) is 23.4 Å². The van der Waals surface area contributed by atoms with E-state index in [1.807, 2.05) is 55.5 Å². The van der Waals surface area contributed by atoms with Gasteiger partial charge in [0.2, 0.25) is 11.8 Å². The molecular formula is C25H31ClN2O3S. The Bertz CT molecular complexity index is 900. The molecule has 0 spiro atoms. The number of nitrogens with one attached hydrogen (secondary N) is 1. The van der Waals surface area contributed by atoms with Crippen LogP contribution < -0.4 is 10.1 Å². The zero-order chi connectivity index (χ0) is 22.9. The van der Waals surface area contributed by atoms with Gasteiger partial charge >= 0.3 is 0 Å². The lowest BCUT2D eigenvalue weighted by atomic mass is 10.1. The molecule has 0 aromatic heterocycles. The van der Waals surface area contributed by atoms with Crippen LogP contribution in [0.1, 0.15) is 43.7 Å². The third kappa shape index (κ3) is 7.17. The number of benzene rings is 2. The van der Waals surface area contributed by atoms with E-state index in [-0.39, 0.29) is 17.9 Å². The quantitative estimate of drug-likeness (QED) is 0.523. The van der Waals surface area contributed by atoms with Crippen molar-refractivity contribution in [1.29, 1.82) is 0 Å². The highest BCUT2D eigenvalue weighted by Gasteiger charge is 2.28. The molecular weight excluding hydrogens is 444 g/mol. The van der Waals surface area contributed by atoms with E-state index in [0.29, 0.717) is 23.1 Å². The van der Waals surface area contributed by atoms with Crippen LogP contribution in [0, 0.1) is 0 Å². The summed E-state index contributed by atoms with van der Waals surface area (Å²) in [6.45, 7) is 2.17. The van der Waals surface area contributed by atoms with Crippen LogP contribution >= 0.6 is 23.4 Å². The number of thioether (sulfide) groups is 1. The fraction of sp³-hybridized carbons (Fsp3) is 0.440. The van der Waals surface area contributed by atoms with Crippen molar-refractivity contribution in [1.82, 2.24) is 10.2 Å². The van der Waals surface area contributed by atoms with Crippen LogP contribution in [0.3, 0.4) is 0 Å². The van der Waals surface area contributed by atoms with E-state index in [1.54, 1.807) is 12.0 Å². The van der Waals surface area contributed by atoms with Gasteiger partial charge in [0.15, 0.2) is 0 Å². The van der Waals surface area contributed by atoms with Gasteiger partial charge in [-0.1, -0.05) is 48.7 Å². The van der Waals surface area contributed by atoms with Crippen LogP contribution in [0.4, 0.5) is 0 Å². The smallest absolute Gasteiger partial charge is 0.242 e. The van der Waals surface area contributed by atoms with Crippen molar-refractivity contribution in [3.63, 3.8) is 0 Å². The molecule has 0 unspecified atom stereocenters. The number of ether oxygens (including phenoxy) is 1. The van der Waals surface area contributed by atoms with Gasteiger partial charge in [-0.15, -0.1) is 11.8 Å². The van der Waals surface area contributed by atoms with Crippen molar-refractivity contribution in [3.05, 3.63) is 64.7 Å². The van der Waals surface area contributed by atoms with E-state index in [4.69, 9.17) is 16.3 Å². The van der Waals surface area contributed by atoms with Crippen LogP contribution in [0.2, 0.25) is 5.02 Å². The first kappa shape index (κ1) is 24.5. The van der Waals surface area contributed by atoms with E-state index in [1.165, 1.54) is 11.8 Å². The molecule has 0 bridgehead atoms. The summed E-state index contributed by atoms with van der Waals surface area (Å²) in [5, 5.41) is 3.83. The summed E-state index contributed by atoms with van der Waals surface area (Å²) in [7, 11) is 1.62. The van der Waals surface area contributed by atoms with Crippen LogP contribution in [0.25, 0.3) is 0 Å². The average molecular weight is 475 g/mol. The van der Waals surface area contributed by atoms with Crippen LogP contribution in [-0.2, 0) is 21.9 Å². The fourth-order valence-electron chi connectivity index (χ4n) is 3.86. The maximum absolute atomic E-state index is 13.2. The van der Waals surface area contributed by atoms with Gasteiger partial charge in [0.25, 0.3) is 0 Å². The highest BCUT2D eigenvalue weighted by Crippen LogP contribution is 2.21. The summed E-state index contributed by atoms with van der Waals surface area (Å²) >= 11 is 7.49. The molecule has 7 heteroatoms. The van der Waals surface area contributed by atoms with Crippen molar-refractivity contribution in [2.75, 3.05) is 12.9 Å². The lowest BCUT2D eigenvalue weighted by Gasteiger charge is -2.29. The van der Waals surface area contributed by atoms with Gasteiger partial charge in [-0.2, -0.15) is 0 Å². The molecule has 3 rings (SSSR count). The molecule has 2 aromatic carbocycles. The van der Waals surface area contributed by atoms with Gasteiger partial charge in [0.05, 0.1) is 12.9 Å². The number of hydrogen-bond acceptors (Lipinski definition) is 4. The Kier molecular flexibility index (Phi) is 9.30. The fourth-order valence-corrected chi connectivity index (χ4v) is 4.86. The first-order valence-electron chi connectivity index (χ1n) is 11.0. The molecule has 32 heavy (non-hydrogen) atoms. The SMILES string of the molecule is COc1cccc(CN(C(=O)CSCc2ccc(Cl)cc2)[C@H](C)C(=O)NC2CCCC2)c1. The summed E-state index contributed by atoms with van der Waals surface area (Å²) < 4.78 is 5.32. The number of nitrogens with zero attached hydrogens (tertiary/aromatic N) is 1. The lowest BCUT2D eigenvalue weighted by molar-refractivity contribution is -0.138. The van der Waals surface area contributed by atoms with E-state index in [0.717, 1.165) is 42.6 Å². The van der Waals surface area contributed by atoms with Gasteiger partial charge in [0.1, 0.15) is 11.8 Å². The number of carbonyl (C=O) groups excluding carboxylic acids is 2. The summed E-state index contributed by atoms with van der Waals surface area (Å²) in [5.41, 5.74) is 2.04. The molecule has 2 aromatic rings. The largest absolute Gasteiger partial charge is 0.497 e. The molecule has 172 valence electrons. The van der Waals surface area contributed by atoms with Gasteiger partial charge < -0.3 is 15.0 Å². The minimum atomic E-state index is -0.551. The summed E-state index contributed by atoms with van der Waals surface area (Å²) in [6.07, 6.45) is 4.32. The molecule has 1 N–H and O–H groups in total. The molecule has 1 saturated carbocycles. The predicted octanol–water partition coefficient (Wildman–Crippen LogP) is 5.06. The summed E-state index contributed by atoms with van der Waals surface area (Å²) in [5.74, 6) is 1.60. The average Bonchev–Trinajstić information content (AvgIpc) is 3.31. The monoisotopic (exact) mass is 474 g/mol. The Morgan fingerprint density at radius 3 is 2.56 bits per heavy atom. The van der Waals surface area contributed by atoms with Crippen LogP contribution in [-0.4, -0.2) is 41.7 Å². The standard InChI is InChI=1S/C25H31ClN2O3S/c1-18(25(30)27-22-7-3-4-8-22)28(15-20-6-5-9-23(14-20)31-2)24(29)17-32-16-19-10-12-21(26)13-11-19/h5-6,9-14,18,22H,3-4,7-8,15-17H2,1-2H3,(H,27,30)/t18-/m1/s1. The molecule has 0 aliphatic heterocycles. The van der Waals surface area contributed by atoms with Crippen molar-refractivity contribution < 1.29 is 14.3 Å². The Hall–Kier alpha value is -2.18. The van der Waals surface area contributed by atoms with E-state index >= 15 is 0 Å². The highest BCUT2D eigenvalue weighted by molar-refractivity contribution is 7.99. The third-order valence-corrected chi connectivity index (χ3v) is 7.00. The molecule has 0 saturated heterocycles.